The van der Waals surface area contributed by atoms with Crippen LogP contribution in [-0.2, 0) is 24.0 Å². The second kappa shape index (κ2) is 11.3. The summed E-state index contributed by atoms with van der Waals surface area (Å²) in [7, 11) is 0. The zero-order valence-electron chi connectivity index (χ0n) is 15.1. The fraction of sp³-hybridized carbons (Fsp3) is 0.588. The third-order valence-electron chi connectivity index (χ3n) is 2.66. The molecule has 0 spiro atoms. The second-order valence-corrected chi connectivity index (χ2v) is 6.66. The van der Waals surface area contributed by atoms with Crippen LogP contribution in [0.15, 0.2) is 11.6 Å². The van der Waals surface area contributed by atoms with Crippen LogP contribution in [0.25, 0.3) is 0 Å². The Morgan fingerprint density at radius 1 is 0.958 bits per heavy atom. The van der Waals surface area contributed by atoms with Gasteiger partial charge in [-0.15, -0.1) is 0 Å². The minimum Gasteiger partial charge on any atom is -0.369 e. The third kappa shape index (κ3) is 17.7. The zero-order valence-corrected chi connectivity index (χ0v) is 15.1. The molecule has 0 saturated carbocycles. The highest BCUT2D eigenvalue weighted by Crippen LogP contribution is 2.32. The van der Waals surface area contributed by atoms with E-state index in [1.807, 2.05) is 6.92 Å². The first kappa shape index (κ1) is 23.9. The van der Waals surface area contributed by atoms with Gasteiger partial charge in [-0.2, -0.15) is 0 Å². The van der Waals surface area contributed by atoms with Crippen LogP contribution in [0.5, 0.6) is 0 Å². The van der Waals surface area contributed by atoms with E-state index in [1.54, 1.807) is 6.08 Å². The number of Topliss-reactive ketones (excluding diaryl/α,β-unsaturated/α-hetero) is 2. The monoisotopic (exact) mass is 340 g/mol. The average molecular weight is 340 g/mol. The molecule has 1 aliphatic carbocycles. The predicted molar refractivity (Wildman–Crippen MR) is 90.8 cm³/mol. The first-order valence-corrected chi connectivity index (χ1v) is 7.50. The highest BCUT2D eigenvalue weighted by atomic mass is 16.2. The first-order valence-electron chi connectivity index (χ1n) is 7.50. The summed E-state index contributed by atoms with van der Waals surface area (Å²) in [6, 6.07) is 0. The summed E-state index contributed by atoms with van der Waals surface area (Å²) in [5, 5.41) is 0. The lowest BCUT2D eigenvalue weighted by Crippen LogP contribution is -2.20. The summed E-state index contributed by atoms with van der Waals surface area (Å²) in [5.41, 5.74) is 10.7. The van der Waals surface area contributed by atoms with Gasteiger partial charge in [-0.3, -0.25) is 24.0 Å². The van der Waals surface area contributed by atoms with Gasteiger partial charge in [0.05, 0.1) is 12.8 Å². The Balaban J connectivity index is 0. The van der Waals surface area contributed by atoms with Gasteiger partial charge in [-0.05, 0) is 38.7 Å². The van der Waals surface area contributed by atoms with E-state index in [1.165, 1.54) is 19.4 Å². The second-order valence-electron chi connectivity index (χ2n) is 6.66. The molecule has 7 nitrogen and oxygen atoms in total. The van der Waals surface area contributed by atoms with E-state index in [9.17, 15) is 24.0 Å². The van der Waals surface area contributed by atoms with Crippen LogP contribution in [0.1, 0.15) is 60.3 Å². The molecule has 4 N–H and O–H groups in total. The van der Waals surface area contributed by atoms with Crippen molar-refractivity contribution in [2.75, 3.05) is 0 Å². The predicted octanol–water partition coefficient (Wildman–Crippen LogP) is 1.22. The molecule has 0 fully saturated rings. The molecule has 7 heteroatoms. The standard InChI is InChI=1S/C9H14O.2C4H7NO2/c1-7-4-8(10)6-9(2,3)5-7;2*1-3(6)2-4(5)7/h4H,5-6H2,1-3H3;2*2H2,1H3,(H2,5,7). The molecule has 136 valence electrons. The van der Waals surface area contributed by atoms with Gasteiger partial charge in [0.25, 0.3) is 0 Å². The van der Waals surface area contributed by atoms with Crippen molar-refractivity contribution in [3.8, 4) is 0 Å². The zero-order chi connectivity index (χ0) is 19.5. The summed E-state index contributed by atoms with van der Waals surface area (Å²) in [5.74, 6) is -1.21. The van der Waals surface area contributed by atoms with E-state index in [-0.39, 0.29) is 35.6 Å². The van der Waals surface area contributed by atoms with Crippen molar-refractivity contribution in [3.63, 3.8) is 0 Å². The minimum absolute atomic E-state index is 0.139. The molecule has 0 bridgehead atoms. The lowest BCUT2D eigenvalue weighted by Gasteiger charge is -2.27. The molecule has 0 aliphatic heterocycles. The van der Waals surface area contributed by atoms with Crippen molar-refractivity contribution in [2.45, 2.75) is 60.3 Å². The molecule has 0 heterocycles. The lowest BCUT2D eigenvalue weighted by atomic mass is 9.77. The van der Waals surface area contributed by atoms with Crippen LogP contribution in [0.3, 0.4) is 0 Å². The summed E-state index contributed by atoms with van der Waals surface area (Å²) in [4.78, 5) is 50.5. The van der Waals surface area contributed by atoms with Gasteiger partial charge in [0.1, 0.15) is 11.6 Å². The van der Waals surface area contributed by atoms with Gasteiger partial charge in [0, 0.05) is 6.42 Å². The molecule has 0 atom stereocenters. The number of nitrogens with two attached hydrogens (primary N) is 2. The summed E-state index contributed by atoms with van der Waals surface area (Å²) < 4.78 is 0. The third-order valence-corrected chi connectivity index (χ3v) is 2.66. The number of hydrogen-bond donors (Lipinski definition) is 2. The number of carbonyl (C=O) groups is 5. The molecule has 0 aromatic rings. The fourth-order valence-corrected chi connectivity index (χ4v) is 2.16. The Bertz CT molecular complexity index is 483. The summed E-state index contributed by atoms with van der Waals surface area (Å²) in [6.45, 7) is 8.96. The molecule has 1 rings (SSSR count). The minimum atomic E-state index is -0.562. The number of rotatable bonds is 4. The molecule has 0 unspecified atom stereocenters. The molecular formula is C17H28N2O5. The van der Waals surface area contributed by atoms with E-state index in [0.717, 1.165) is 6.42 Å². The quantitative estimate of drug-likeness (QED) is 0.741. The Labute approximate surface area is 142 Å². The van der Waals surface area contributed by atoms with Gasteiger partial charge >= 0.3 is 0 Å². The van der Waals surface area contributed by atoms with Crippen LogP contribution < -0.4 is 11.5 Å². The van der Waals surface area contributed by atoms with Gasteiger partial charge in [0.15, 0.2) is 5.78 Å². The van der Waals surface area contributed by atoms with E-state index in [0.29, 0.717) is 6.42 Å². The number of carbonyl (C=O) groups excluding carboxylic acids is 5. The molecule has 0 aromatic carbocycles. The number of amides is 2. The molecule has 0 radical (unpaired) electrons. The van der Waals surface area contributed by atoms with Crippen LogP contribution in [0.4, 0.5) is 0 Å². The molecule has 1 aliphatic rings. The Morgan fingerprint density at radius 2 is 1.33 bits per heavy atom. The molecule has 0 saturated heterocycles. The largest absolute Gasteiger partial charge is 0.369 e. The van der Waals surface area contributed by atoms with Crippen molar-refractivity contribution in [2.24, 2.45) is 16.9 Å². The Morgan fingerprint density at radius 3 is 1.50 bits per heavy atom. The van der Waals surface area contributed by atoms with Crippen LogP contribution in [-0.4, -0.2) is 29.2 Å². The normalized spacial score (nSPS) is 14.9. The molecule has 24 heavy (non-hydrogen) atoms. The molecular weight excluding hydrogens is 312 g/mol. The van der Waals surface area contributed by atoms with Crippen molar-refractivity contribution >= 4 is 29.2 Å². The van der Waals surface area contributed by atoms with Crippen LogP contribution in [0.2, 0.25) is 0 Å². The lowest BCUT2D eigenvalue weighted by molar-refractivity contribution is -0.126. The van der Waals surface area contributed by atoms with Gasteiger partial charge in [0.2, 0.25) is 11.8 Å². The highest BCUT2D eigenvalue weighted by molar-refractivity contribution is 5.96. The Kier molecular flexibility index (Phi) is 11.2. The smallest absolute Gasteiger partial charge is 0.224 e. The number of allylic oxidation sites excluding steroid dienone is 2. The number of primary amides is 2. The summed E-state index contributed by atoms with van der Waals surface area (Å²) in [6.07, 6.45) is 3.27. The van der Waals surface area contributed by atoms with Gasteiger partial charge in [-0.25, -0.2) is 0 Å². The van der Waals surface area contributed by atoms with E-state index in [2.05, 4.69) is 25.3 Å². The molecule has 0 aromatic heterocycles. The fourth-order valence-electron chi connectivity index (χ4n) is 2.16. The first-order chi connectivity index (χ1) is 10.7. The van der Waals surface area contributed by atoms with Gasteiger partial charge in [-0.1, -0.05) is 19.4 Å². The van der Waals surface area contributed by atoms with Gasteiger partial charge < -0.3 is 11.5 Å². The molecule has 2 amide bonds. The number of ketones is 3. The van der Waals surface area contributed by atoms with E-state index >= 15 is 0 Å². The van der Waals surface area contributed by atoms with E-state index < -0.39 is 11.8 Å². The topological polar surface area (TPSA) is 137 Å². The van der Waals surface area contributed by atoms with Crippen molar-refractivity contribution in [1.82, 2.24) is 0 Å². The van der Waals surface area contributed by atoms with Crippen LogP contribution >= 0.6 is 0 Å². The van der Waals surface area contributed by atoms with Crippen molar-refractivity contribution in [3.05, 3.63) is 11.6 Å². The van der Waals surface area contributed by atoms with Crippen molar-refractivity contribution in [1.29, 1.82) is 0 Å². The summed E-state index contributed by atoms with van der Waals surface area (Å²) >= 11 is 0. The van der Waals surface area contributed by atoms with Crippen LogP contribution in [0, 0.1) is 5.41 Å². The maximum absolute atomic E-state index is 11.0. The Hall–Kier alpha value is -2.31. The maximum atomic E-state index is 11.0. The average Bonchev–Trinajstić information content (AvgIpc) is 2.21. The maximum Gasteiger partial charge on any atom is 0.224 e. The van der Waals surface area contributed by atoms with Crippen molar-refractivity contribution < 1.29 is 24.0 Å². The highest BCUT2D eigenvalue weighted by Gasteiger charge is 2.25. The van der Waals surface area contributed by atoms with E-state index in [4.69, 9.17) is 0 Å². The SMILES string of the molecule is CC(=O)CC(N)=O.CC(=O)CC(N)=O.CC1=CC(=O)CC(C)(C)C1. The number of hydrogen-bond acceptors (Lipinski definition) is 5.